The van der Waals surface area contributed by atoms with E-state index in [1.165, 1.54) is 19.3 Å². The number of hydrogen-bond acceptors (Lipinski definition) is 6. The quantitative estimate of drug-likeness (QED) is 0.239. The summed E-state index contributed by atoms with van der Waals surface area (Å²) in [7, 11) is 0. The number of aliphatic hydroxyl groups is 1. The lowest BCUT2D eigenvalue weighted by Gasteiger charge is -2.51. The van der Waals surface area contributed by atoms with Gasteiger partial charge in [0.2, 0.25) is 5.91 Å². The van der Waals surface area contributed by atoms with Gasteiger partial charge in [0, 0.05) is 40.9 Å². The molecule has 8 nitrogen and oxygen atoms in total. The van der Waals surface area contributed by atoms with Crippen molar-refractivity contribution in [1.29, 1.82) is 0 Å². The van der Waals surface area contributed by atoms with E-state index in [0.717, 1.165) is 36.0 Å². The minimum absolute atomic E-state index is 0.000884. The Morgan fingerprint density at radius 2 is 1.54 bits per heavy atom. The number of aliphatic hydroxyl groups excluding tert-OH is 1. The molecule has 256 valence electrons. The Morgan fingerprint density at radius 1 is 0.854 bits per heavy atom. The van der Waals surface area contributed by atoms with E-state index in [4.69, 9.17) is 9.47 Å². The first-order valence-corrected chi connectivity index (χ1v) is 17.6. The second-order valence-corrected chi connectivity index (χ2v) is 14.9. The molecule has 2 amide bonds. The van der Waals surface area contributed by atoms with Crippen molar-refractivity contribution < 1.29 is 24.2 Å². The molecular weight excluding hydrogens is 602 g/mol. The second-order valence-electron chi connectivity index (χ2n) is 14.9. The molecule has 7 unspecified atom stereocenters. The minimum atomic E-state index is -0.638. The van der Waals surface area contributed by atoms with E-state index in [1.54, 1.807) is 12.1 Å². The Hall–Kier alpha value is -3.56. The summed E-state index contributed by atoms with van der Waals surface area (Å²) in [6.07, 6.45) is 5.61. The maximum absolute atomic E-state index is 13.8. The van der Waals surface area contributed by atoms with E-state index >= 15 is 0 Å². The van der Waals surface area contributed by atoms with E-state index in [1.807, 2.05) is 87.5 Å². The lowest BCUT2D eigenvalue weighted by Crippen LogP contribution is -2.61. The summed E-state index contributed by atoms with van der Waals surface area (Å²) < 4.78 is 13.6. The van der Waals surface area contributed by atoms with Crippen molar-refractivity contribution >= 4 is 17.5 Å². The molecule has 3 aromatic carbocycles. The van der Waals surface area contributed by atoms with Crippen LogP contribution in [0.15, 0.2) is 78.9 Å². The third-order valence-corrected chi connectivity index (χ3v) is 10.3. The van der Waals surface area contributed by atoms with Gasteiger partial charge in [0.05, 0.1) is 24.9 Å². The second kappa shape index (κ2) is 14.9. The summed E-state index contributed by atoms with van der Waals surface area (Å²) in [5.41, 5.74) is 3.72. The number of hydrogen-bond donors (Lipinski definition) is 3. The van der Waals surface area contributed by atoms with E-state index in [2.05, 4.69) is 22.5 Å². The number of likely N-dealkylation sites (tertiary alicyclic amines) is 1. The molecule has 3 aromatic rings. The van der Waals surface area contributed by atoms with Crippen LogP contribution >= 0.6 is 0 Å². The summed E-state index contributed by atoms with van der Waals surface area (Å²) in [5.74, 6) is 0.540. The number of carbonyl (C=O) groups is 2. The molecule has 3 aliphatic rings. The fraction of sp³-hybridized carbons (Fsp3) is 0.500. The predicted octanol–water partition coefficient (Wildman–Crippen LogP) is 7.16. The number of piperidine rings is 1. The Kier molecular flexibility index (Phi) is 10.7. The molecule has 1 aliphatic carbocycles. The summed E-state index contributed by atoms with van der Waals surface area (Å²) in [4.78, 5) is 29.0. The van der Waals surface area contributed by atoms with Crippen LogP contribution in [0.3, 0.4) is 0 Å². The van der Waals surface area contributed by atoms with Crippen molar-refractivity contribution in [3.63, 3.8) is 0 Å². The molecule has 0 aromatic heterocycles. The van der Waals surface area contributed by atoms with Crippen LogP contribution < -0.4 is 10.6 Å². The number of amides is 2. The zero-order valence-electron chi connectivity index (χ0n) is 28.7. The van der Waals surface area contributed by atoms with Crippen LogP contribution in [0.1, 0.15) is 106 Å². The predicted molar refractivity (Wildman–Crippen MR) is 187 cm³/mol. The van der Waals surface area contributed by atoms with Gasteiger partial charge >= 0.3 is 0 Å². The van der Waals surface area contributed by atoms with Gasteiger partial charge < -0.3 is 25.2 Å². The standard InChI is InChI=1S/C40H51N3O5/c1-26-35(24-43-33-13-9-8-10-28(33)20-23-34(43)38(46)42-40(2,3)4)47-39(48-36(26)29-16-14-27(25-44)15-17-29)31-18-21-32(22-19-31)41-37(45)30-11-6-5-7-12-30/h5-7,11-12,14-19,21-22,26,28,33-36,39,44H,8-10,13,20,23-25H2,1-4H3,(H,41,45)(H,42,46). The van der Waals surface area contributed by atoms with Crippen LogP contribution in [0.25, 0.3) is 0 Å². The van der Waals surface area contributed by atoms with Gasteiger partial charge in [-0.05, 0) is 87.8 Å². The molecule has 6 rings (SSSR count). The van der Waals surface area contributed by atoms with Crippen molar-refractivity contribution in [3.05, 3.63) is 101 Å². The topological polar surface area (TPSA) is 100 Å². The molecule has 0 radical (unpaired) electrons. The molecule has 0 bridgehead atoms. The highest BCUT2D eigenvalue weighted by Gasteiger charge is 2.46. The van der Waals surface area contributed by atoms with Gasteiger partial charge in [-0.25, -0.2) is 0 Å². The molecule has 2 saturated heterocycles. The third-order valence-electron chi connectivity index (χ3n) is 10.3. The van der Waals surface area contributed by atoms with Gasteiger partial charge in [-0.2, -0.15) is 0 Å². The minimum Gasteiger partial charge on any atom is -0.392 e. The number of ether oxygens (including phenoxy) is 2. The maximum Gasteiger partial charge on any atom is 0.255 e. The van der Waals surface area contributed by atoms with Crippen molar-refractivity contribution in [3.8, 4) is 0 Å². The SMILES string of the molecule is CC1C(CN2C(C(=O)NC(C)(C)C)CCC3CCCCC32)OC(c2ccc(NC(=O)c3ccccc3)cc2)OC1c1ccc(CO)cc1. The van der Waals surface area contributed by atoms with Crippen LogP contribution in [0.4, 0.5) is 5.69 Å². The van der Waals surface area contributed by atoms with E-state index < -0.39 is 6.29 Å². The zero-order chi connectivity index (χ0) is 33.8. The fourth-order valence-electron chi connectivity index (χ4n) is 7.78. The normalized spacial score (nSPS) is 27.9. The fourth-order valence-corrected chi connectivity index (χ4v) is 7.78. The molecule has 48 heavy (non-hydrogen) atoms. The van der Waals surface area contributed by atoms with Crippen molar-refractivity contribution in [2.45, 2.75) is 109 Å². The molecule has 7 atom stereocenters. The Bertz CT molecular complexity index is 1520. The number of fused-ring (bicyclic) bond motifs is 1. The van der Waals surface area contributed by atoms with Gasteiger partial charge in [0.1, 0.15) is 0 Å². The summed E-state index contributed by atoms with van der Waals surface area (Å²) >= 11 is 0. The highest BCUT2D eigenvalue weighted by Crippen LogP contribution is 2.44. The number of nitrogens with zero attached hydrogens (tertiary/aromatic N) is 1. The van der Waals surface area contributed by atoms with E-state index in [-0.39, 0.29) is 48.1 Å². The van der Waals surface area contributed by atoms with Crippen molar-refractivity contribution in [2.75, 3.05) is 11.9 Å². The monoisotopic (exact) mass is 653 g/mol. The van der Waals surface area contributed by atoms with Crippen molar-refractivity contribution in [1.82, 2.24) is 10.2 Å². The molecule has 2 aliphatic heterocycles. The van der Waals surface area contributed by atoms with Gasteiger partial charge in [-0.15, -0.1) is 0 Å². The van der Waals surface area contributed by atoms with E-state index in [0.29, 0.717) is 29.8 Å². The average molecular weight is 654 g/mol. The molecule has 0 spiro atoms. The Labute approximate surface area is 285 Å². The zero-order valence-corrected chi connectivity index (χ0v) is 28.7. The molecule has 3 fully saturated rings. The van der Waals surface area contributed by atoms with Crippen LogP contribution in [-0.2, 0) is 20.9 Å². The van der Waals surface area contributed by atoms with Gasteiger partial charge in [0.15, 0.2) is 6.29 Å². The number of carbonyl (C=O) groups excluding carboxylic acids is 2. The summed E-state index contributed by atoms with van der Waals surface area (Å²) in [6, 6.07) is 24.9. The van der Waals surface area contributed by atoms with Crippen LogP contribution in [0.2, 0.25) is 0 Å². The molecule has 1 saturated carbocycles. The number of anilines is 1. The summed E-state index contributed by atoms with van der Waals surface area (Å²) in [6.45, 7) is 8.93. The summed E-state index contributed by atoms with van der Waals surface area (Å²) in [5, 5.41) is 15.9. The first kappa shape index (κ1) is 34.3. The highest BCUT2D eigenvalue weighted by molar-refractivity contribution is 6.04. The number of nitrogens with one attached hydrogen (secondary N) is 2. The number of rotatable bonds is 8. The van der Waals surface area contributed by atoms with Gasteiger partial charge in [-0.3, -0.25) is 14.5 Å². The Morgan fingerprint density at radius 3 is 2.23 bits per heavy atom. The Balaban J connectivity index is 1.27. The van der Waals surface area contributed by atoms with Crippen molar-refractivity contribution in [2.24, 2.45) is 11.8 Å². The van der Waals surface area contributed by atoms with E-state index in [9.17, 15) is 14.7 Å². The van der Waals surface area contributed by atoms with Crippen LogP contribution in [0, 0.1) is 11.8 Å². The third kappa shape index (κ3) is 8.00. The van der Waals surface area contributed by atoms with Crippen LogP contribution in [-0.4, -0.2) is 52.1 Å². The number of benzene rings is 3. The smallest absolute Gasteiger partial charge is 0.255 e. The maximum atomic E-state index is 13.8. The average Bonchev–Trinajstić information content (AvgIpc) is 3.09. The van der Waals surface area contributed by atoms with Gasteiger partial charge in [0.25, 0.3) is 5.91 Å². The molecule has 3 N–H and O–H groups in total. The molecule has 2 heterocycles. The lowest BCUT2D eigenvalue weighted by molar-refractivity contribution is -0.278. The van der Waals surface area contributed by atoms with Crippen LogP contribution in [0.5, 0.6) is 0 Å². The lowest BCUT2D eigenvalue weighted by atomic mass is 9.75. The first-order chi connectivity index (χ1) is 23.1. The van der Waals surface area contributed by atoms with Gasteiger partial charge in [-0.1, -0.05) is 74.4 Å². The molecular formula is C40H51N3O5. The highest BCUT2D eigenvalue weighted by atomic mass is 16.7. The largest absolute Gasteiger partial charge is 0.392 e. The first-order valence-electron chi connectivity index (χ1n) is 17.6. The molecule has 8 heteroatoms.